The van der Waals surface area contributed by atoms with Crippen LogP contribution < -0.4 is 14.8 Å². The van der Waals surface area contributed by atoms with Crippen molar-refractivity contribution in [1.29, 1.82) is 0 Å². The summed E-state index contributed by atoms with van der Waals surface area (Å²) in [6, 6.07) is 15.4. The molecule has 172 valence electrons. The molecule has 1 amide bonds. The summed E-state index contributed by atoms with van der Waals surface area (Å²) in [5.41, 5.74) is 0.624. The average molecular weight is 491 g/mol. The molecule has 0 fully saturated rings. The van der Waals surface area contributed by atoms with Crippen LogP contribution in [0.25, 0.3) is 0 Å². The maximum Gasteiger partial charge on any atom is 0.262 e. The lowest BCUT2D eigenvalue weighted by Crippen LogP contribution is -2.16. The predicted molar refractivity (Wildman–Crippen MR) is 124 cm³/mol. The van der Waals surface area contributed by atoms with Crippen molar-refractivity contribution in [2.75, 3.05) is 17.1 Å². The van der Waals surface area contributed by atoms with Gasteiger partial charge in [0, 0.05) is 18.4 Å². The Hall–Kier alpha value is -3.43. The fourth-order valence-corrected chi connectivity index (χ4v) is 4.26. The van der Waals surface area contributed by atoms with Crippen molar-refractivity contribution in [3.05, 3.63) is 83.1 Å². The normalized spacial score (nSPS) is 11.0. The number of para-hydroxylation sites is 1. The molecule has 0 saturated heterocycles. The lowest BCUT2D eigenvalue weighted by molar-refractivity contribution is -0.116. The topological polar surface area (TPSA) is 102 Å². The zero-order valence-electron chi connectivity index (χ0n) is 17.5. The first-order chi connectivity index (χ1) is 15.7. The van der Waals surface area contributed by atoms with Crippen molar-refractivity contribution in [1.82, 2.24) is 0 Å². The van der Waals surface area contributed by atoms with Crippen molar-refractivity contribution >= 4 is 44.7 Å². The first-order valence-electron chi connectivity index (χ1n) is 9.73. The minimum atomic E-state index is -4.01. The number of carbonyl (C=O) groups excluding carboxylic acids is 2. The molecule has 0 aliphatic carbocycles. The number of nitrogens with one attached hydrogen (secondary N) is 2. The van der Waals surface area contributed by atoms with E-state index in [2.05, 4.69) is 10.0 Å². The van der Waals surface area contributed by atoms with Crippen molar-refractivity contribution in [3.8, 4) is 5.75 Å². The van der Waals surface area contributed by atoms with E-state index in [9.17, 15) is 22.4 Å². The lowest BCUT2D eigenvalue weighted by Gasteiger charge is -2.14. The Labute approximate surface area is 195 Å². The second-order valence-electron chi connectivity index (χ2n) is 6.93. The Bertz CT molecular complexity index is 1280. The van der Waals surface area contributed by atoms with Crippen LogP contribution in [-0.4, -0.2) is 27.2 Å². The van der Waals surface area contributed by atoms with Crippen LogP contribution in [0.15, 0.2) is 71.6 Å². The number of hydrogen-bond acceptors (Lipinski definition) is 5. The summed E-state index contributed by atoms with van der Waals surface area (Å²) in [5.74, 6) is -1.06. The van der Waals surface area contributed by atoms with E-state index in [0.717, 1.165) is 0 Å². The number of halogens is 2. The standard InChI is InChI=1S/C23H20ClFN2O5S/c1-32-22-12-10-17(33(30,31)27-19-5-3-2-4-18(19)24)14-20(22)26-23(29)13-11-21(28)15-6-8-16(25)9-7-15/h2-10,12,14,27H,11,13H2,1H3,(H,26,29). The number of Topliss-reactive ketones (excluding diaryl/α,β-unsaturated/α-hetero) is 1. The second kappa shape index (κ2) is 10.5. The van der Waals surface area contributed by atoms with Crippen LogP contribution >= 0.6 is 11.6 Å². The van der Waals surface area contributed by atoms with Crippen LogP contribution in [0.1, 0.15) is 23.2 Å². The van der Waals surface area contributed by atoms with Crippen LogP contribution in [0.3, 0.4) is 0 Å². The van der Waals surface area contributed by atoms with Gasteiger partial charge in [0.2, 0.25) is 5.91 Å². The van der Waals surface area contributed by atoms with Gasteiger partial charge in [-0.15, -0.1) is 0 Å². The molecule has 3 aromatic carbocycles. The molecule has 0 bridgehead atoms. The van der Waals surface area contributed by atoms with Gasteiger partial charge in [-0.2, -0.15) is 0 Å². The Morgan fingerprint density at radius 1 is 0.970 bits per heavy atom. The van der Waals surface area contributed by atoms with Crippen LogP contribution in [0.4, 0.5) is 15.8 Å². The molecule has 33 heavy (non-hydrogen) atoms. The number of anilines is 2. The van der Waals surface area contributed by atoms with Crippen molar-refractivity contribution < 1.29 is 27.1 Å². The number of ketones is 1. The van der Waals surface area contributed by atoms with E-state index in [1.54, 1.807) is 18.2 Å². The molecular formula is C23H20ClFN2O5S. The molecule has 0 saturated carbocycles. The molecule has 2 N–H and O–H groups in total. The van der Waals surface area contributed by atoms with Crippen molar-refractivity contribution in [2.45, 2.75) is 17.7 Å². The Morgan fingerprint density at radius 2 is 1.67 bits per heavy atom. The third kappa shape index (κ3) is 6.30. The number of amides is 1. The molecule has 0 unspecified atom stereocenters. The van der Waals surface area contributed by atoms with Gasteiger partial charge in [-0.05, 0) is 54.6 Å². The van der Waals surface area contributed by atoms with Gasteiger partial charge < -0.3 is 10.1 Å². The van der Waals surface area contributed by atoms with Gasteiger partial charge in [0.15, 0.2) is 5.78 Å². The molecule has 0 aromatic heterocycles. The lowest BCUT2D eigenvalue weighted by atomic mass is 10.1. The molecule has 0 aliphatic heterocycles. The fraction of sp³-hybridized carbons (Fsp3) is 0.130. The summed E-state index contributed by atoms with van der Waals surface area (Å²) < 4.78 is 46.2. The fourth-order valence-electron chi connectivity index (χ4n) is 2.92. The van der Waals surface area contributed by atoms with E-state index in [1.165, 1.54) is 55.6 Å². The number of ether oxygens (including phenoxy) is 1. The maximum atomic E-state index is 13.0. The zero-order valence-corrected chi connectivity index (χ0v) is 19.0. The number of rotatable bonds is 9. The van der Waals surface area contributed by atoms with Gasteiger partial charge in [0.1, 0.15) is 11.6 Å². The average Bonchev–Trinajstić information content (AvgIpc) is 2.79. The van der Waals surface area contributed by atoms with E-state index in [-0.39, 0.29) is 45.7 Å². The summed E-state index contributed by atoms with van der Waals surface area (Å²) in [4.78, 5) is 24.5. The van der Waals surface area contributed by atoms with Crippen LogP contribution in [-0.2, 0) is 14.8 Å². The van der Waals surface area contributed by atoms with E-state index < -0.39 is 21.7 Å². The first kappa shape index (κ1) is 24.2. The van der Waals surface area contributed by atoms with E-state index in [0.29, 0.717) is 5.56 Å². The summed E-state index contributed by atoms with van der Waals surface area (Å²) in [7, 11) is -2.64. The molecular weight excluding hydrogens is 471 g/mol. The molecule has 3 aromatic rings. The predicted octanol–water partition coefficient (Wildman–Crippen LogP) is 4.89. The summed E-state index contributed by atoms with van der Waals surface area (Å²) >= 11 is 6.03. The van der Waals surface area contributed by atoms with E-state index >= 15 is 0 Å². The Kier molecular flexibility index (Phi) is 7.67. The zero-order chi connectivity index (χ0) is 24.0. The largest absolute Gasteiger partial charge is 0.495 e. The number of carbonyl (C=O) groups is 2. The first-order valence-corrected chi connectivity index (χ1v) is 11.6. The van der Waals surface area contributed by atoms with Crippen LogP contribution in [0.5, 0.6) is 5.75 Å². The molecule has 10 heteroatoms. The highest BCUT2D eigenvalue weighted by atomic mass is 35.5. The number of hydrogen-bond donors (Lipinski definition) is 2. The number of methoxy groups -OCH3 is 1. The van der Waals surface area contributed by atoms with E-state index in [1.807, 2.05) is 0 Å². The molecule has 3 rings (SSSR count). The van der Waals surface area contributed by atoms with Crippen LogP contribution in [0, 0.1) is 5.82 Å². The maximum absolute atomic E-state index is 13.0. The van der Waals surface area contributed by atoms with Gasteiger partial charge in [-0.3, -0.25) is 14.3 Å². The highest BCUT2D eigenvalue weighted by molar-refractivity contribution is 7.92. The van der Waals surface area contributed by atoms with Crippen molar-refractivity contribution in [3.63, 3.8) is 0 Å². The Balaban J connectivity index is 1.72. The summed E-state index contributed by atoms with van der Waals surface area (Å²) in [6.07, 6.45) is -0.264. The van der Waals surface area contributed by atoms with Gasteiger partial charge >= 0.3 is 0 Å². The molecule has 7 nitrogen and oxygen atoms in total. The third-order valence-corrected chi connectivity index (χ3v) is 6.31. The SMILES string of the molecule is COc1ccc(S(=O)(=O)Nc2ccccc2Cl)cc1NC(=O)CCC(=O)c1ccc(F)cc1. The van der Waals surface area contributed by atoms with E-state index in [4.69, 9.17) is 16.3 Å². The van der Waals surface area contributed by atoms with Gasteiger partial charge in [-0.25, -0.2) is 12.8 Å². The highest BCUT2D eigenvalue weighted by Gasteiger charge is 2.19. The molecule has 0 spiro atoms. The van der Waals surface area contributed by atoms with Crippen LogP contribution in [0.2, 0.25) is 5.02 Å². The molecule has 0 radical (unpaired) electrons. The summed E-state index contributed by atoms with van der Waals surface area (Å²) in [5, 5.41) is 2.80. The molecule has 0 atom stereocenters. The Morgan fingerprint density at radius 3 is 2.33 bits per heavy atom. The monoisotopic (exact) mass is 490 g/mol. The van der Waals surface area contributed by atoms with Gasteiger partial charge in [0.05, 0.1) is 28.4 Å². The highest BCUT2D eigenvalue weighted by Crippen LogP contribution is 2.30. The minimum absolute atomic E-state index is 0.105. The van der Waals surface area contributed by atoms with Gasteiger partial charge in [-0.1, -0.05) is 23.7 Å². The molecule has 0 aliphatic rings. The minimum Gasteiger partial charge on any atom is -0.495 e. The van der Waals surface area contributed by atoms with Gasteiger partial charge in [0.25, 0.3) is 10.0 Å². The number of sulfonamides is 1. The molecule has 0 heterocycles. The quantitative estimate of drug-likeness (QED) is 0.416. The number of benzene rings is 3. The summed E-state index contributed by atoms with van der Waals surface area (Å²) in [6.45, 7) is 0. The third-order valence-electron chi connectivity index (χ3n) is 4.62. The second-order valence-corrected chi connectivity index (χ2v) is 9.02. The smallest absolute Gasteiger partial charge is 0.262 e. The van der Waals surface area contributed by atoms with Crippen molar-refractivity contribution in [2.24, 2.45) is 0 Å².